The van der Waals surface area contributed by atoms with Crippen LogP contribution < -0.4 is 5.32 Å². The number of carbonyl (C=O) groups is 2. The predicted molar refractivity (Wildman–Crippen MR) is 77.9 cm³/mol. The molecule has 1 atom stereocenters. The van der Waals surface area contributed by atoms with Gasteiger partial charge in [-0.05, 0) is 19.1 Å². The van der Waals surface area contributed by atoms with Gasteiger partial charge in [0.25, 0.3) is 0 Å². The van der Waals surface area contributed by atoms with Crippen molar-refractivity contribution in [1.82, 2.24) is 20.1 Å². The molecule has 0 spiro atoms. The van der Waals surface area contributed by atoms with Gasteiger partial charge in [-0.3, -0.25) is 9.48 Å². The Hall–Kier alpha value is -2.48. The highest BCUT2D eigenvalue weighted by atomic mass is 32.1. The molecule has 8 heteroatoms. The van der Waals surface area contributed by atoms with Crippen molar-refractivity contribution in [2.45, 2.75) is 13.0 Å². The minimum Gasteiger partial charge on any atom is -0.476 e. The molecule has 0 aliphatic rings. The Morgan fingerprint density at radius 2 is 2.29 bits per heavy atom. The second kappa shape index (κ2) is 6.31. The van der Waals surface area contributed by atoms with Crippen LogP contribution in [0.5, 0.6) is 0 Å². The van der Waals surface area contributed by atoms with Gasteiger partial charge in [-0.25, -0.2) is 9.78 Å². The number of aromatic nitrogens is 3. The third-order valence-corrected chi connectivity index (χ3v) is 3.76. The van der Waals surface area contributed by atoms with Gasteiger partial charge in [0.05, 0.1) is 11.7 Å². The van der Waals surface area contributed by atoms with Crippen molar-refractivity contribution in [3.63, 3.8) is 0 Å². The molecule has 0 saturated heterocycles. The zero-order chi connectivity index (χ0) is 15.4. The molecule has 0 radical (unpaired) electrons. The van der Waals surface area contributed by atoms with Crippen molar-refractivity contribution >= 4 is 29.3 Å². The summed E-state index contributed by atoms with van der Waals surface area (Å²) in [7, 11) is 1.78. The van der Waals surface area contributed by atoms with Gasteiger partial charge in [-0.1, -0.05) is 0 Å². The van der Waals surface area contributed by atoms with Crippen LogP contribution in [0.25, 0.3) is 6.08 Å². The van der Waals surface area contributed by atoms with E-state index in [0.717, 1.165) is 5.69 Å². The molecule has 110 valence electrons. The molecule has 0 aliphatic heterocycles. The summed E-state index contributed by atoms with van der Waals surface area (Å²) in [6, 6.07) is 1.43. The van der Waals surface area contributed by atoms with E-state index >= 15 is 0 Å². The number of thiazole rings is 1. The molecule has 2 aromatic heterocycles. The number of rotatable bonds is 5. The standard InChI is InChI=1S/C13H14N4O3S/c1-8(12-16-10(7-21-12)13(19)20)15-11(18)4-3-9-5-6-14-17(9)2/h3-8H,1-2H3,(H,15,18)(H,19,20). The maximum absolute atomic E-state index is 11.8. The van der Waals surface area contributed by atoms with Crippen LogP contribution in [0.15, 0.2) is 23.7 Å². The van der Waals surface area contributed by atoms with Crippen molar-refractivity contribution in [3.8, 4) is 0 Å². The molecule has 1 amide bonds. The SMILES string of the molecule is CC(NC(=O)C=Cc1ccnn1C)c1nc(C(=O)O)cs1. The molecule has 2 rings (SSSR count). The lowest BCUT2D eigenvalue weighted by Gasteiger charge is -2.08. The number of carbonyl (C=O) groups excluding carboxylic acids is 1. The quantitative estimate of drug-likeness (QED) is 0.815. The van der Waals surface area contributed by atoms with Crippen LogP contribution in [0.2, 0.25) is 0 Å². The molecule has 0 aromatic carbocycles. The van der Waals surface area contributed by atoms with Crippen LogP contribution in [-0.4, -0.2) is 31.7 Å². The number of carboxylic acid groups (broad SMARTS) is 1. The van der Waals surface area contributed by atoms with Crippen molar-refractivity contribution in [2.24, 2.45) is 7.05 Å². The average Bonchev–Trinajstić information content (AvgIpc) is 3.05. The van der Waals surface area contributed by atoms with E-state index in [1.165, 1.54) is 22.8 Å². The van der Waals surface area contributed by atoms with Gasteiger partial charge in [0, 0.05) is 24.7 Å². The second-order valence-corrected chi connectivity index (χ2v) is 5.21. The summed E-state index contributed by atoms with van der Waals surface area (Å²) in [5.74, 6) is -1.36. The molecule has 21 heavy (non-hydrogen) atoms. The van der Waals surface area contributed by atoms with Crippen LogP contribution >= 0.6 is 11.3 Å². The molecule has 2 heterocycles. The molecule has 0 saturated carbocycles. The maximum atomic E-state index is 11.8. The van der Waals surface area contributed by atoms with Crippen molar-refractivity contribution < 1.29 is 14.7 Å². The lowest BCUT2D eigenvalue weighted by atomic mass is 10.3. The first kappa shape index (κ1) is 14.9. The van der Waals surface area contributed by atoms with Crippen LogP contribution in [0.1, 0.15) is 34.2 Å². The summed E-state index contributed by atoms with van der Waals surface area (Å²) in [6.07, 6.45) is 4.70. The van der Waals surface area contributed by atoms with E-state index in [4.69, 9.17) is 5.11 Å². The fourth-order valence-corrected chi connectivity index (χ4v) is 2.42. The van der Waals surface area contributed by atoms with Crippen LogP contribution in [0.3, 0.4) is 0 Å². The van der Waals surface area contributed by atoms with Gasteiger partial charge in [-0.2, -0.15) is 5.10 Å². The summed E-state index contributed by atoms with van der Waals surface area (Å²) in [6.45, 7) is 1.75. The zero-order valence-corrected chi connectivity index (χ0v) is 12.3. The molecule has 0 bridgehead atoms. The highest BCUT2D eigenvalue weighted by Gasteiger charge is 2.14. The number of amides is 1. The van der Waals surface area contributed by atoms with Gasteiger partial charge in [0.2, 0.25) is 5.91 Å². The Balaban J connectivity index is 1.97. The van der Waals surface area contributed by atoms with Crippen LogP contribution in [0.4, 0.5) is 0 Å². The molecule has 2 aromatic rings. The zero-order valence-electron chi connectivity index (χ0n) is 11.5. The Bertz CT molecular complexity index is 689. The predicted octanol–water partition coefficient (Wildman–Crippen LogP) is 1.47. The Labute approximate surface area is 124 Å². The lowest BCUT2D eigenvalue weighted by Crippen LogP contribution is -2.24. The summed E-state index contributed by atoms with van der Waals surface area (Å²) in [4.78, 5) is 26.5. The first-order valence-electron chi connectivity index (χ1n) is 6.12. The number of nitrogens with one attached hydrogen (secondary N) is 1. The molecule has 2 N–H and O–H groups in total. The minimum atomic E-state index is -1.08. The first-order valence-corrected chi connectivity index (χ1v) is 7.00. The Kier molecular flexibility index (Phi) is 4.49. The smallest absolute Gasteiger partial charge is 0.355 e. The fourth-order valence-electron chi connectivity index (χ4n) is 1.62. The topological polar surface area (TPSA) is 97.1 Å². The minimum absolute atomic E-state index is 0.0125. The molecule has 0 fully saturated rings. The van der Waals surface area contributed by atoms with E-state index in [-0.39, 0.29) is 17.6 Å². The number of aryl methyl sites for hydroxylation is 1. The monoisotopic (exact) mass is 306 g/mol. The van der Waals surface area contributed by atoms with Gasteiger partial charge in [-0.15, -0.1) is 11.3 Å². The fraction of sp³-hybridized carbons (Fsp3) is 0.231. The highest BCUT2D eigenvalue weighted by Crippen LogP contribution is 2.17. The van der Waals surface area contributed by atoms with Crippen LogP contribution in [-0.2, 0) is 11.8 Å². The summed E-state index contributed by atoms with van der Waals surface area (Å²) < 4.78 is 1.65. The maximum Gasteiger partial charge on any atom is 0.355 e. The van der Waals surface area contributed by atoms with Crippen molar-refractivity contribution in [2.75, 3.05) is 0 Å². The number of nitrogens with zero attached hydrogens (tertiary/aromatic N) is 3. The Morgan fingerprint density at radius 3 is 2.86 bits per heavy atom. The van der Waals surface area contributed by atoms with E-state index in [1.54, 1.807) is 37.0 Å². The number of aromatic carboxylic acids is 1. The van der Waals surface area contributed by atoms with Gasteiger partial charge in [0.1, 0.15) is 5.01 Å². The van der Waals surface area contributed by atoms with E-state index in [9.17, 15) is 9.59 Å². The Morgan fingerprint density at radius 1 is 1.52 bits per heavy atom. The van der Waals surface area contributed by atoms with E-state index in [2.05, 4.69) is 15.4 Å². The average molecular weight is 306 g/mol. The highest BCUT2D eigenvalue weighted by molar-refractivity contribution is 7.09. The number of hydrogen-bond acceptors (Lipinski definition) is 5. The molecule has 7 nitrogen and oxygen atoms in total. The summed E-state index contributed by atoms with van der Waals surface area (Å²) in [5, 5.41) is 17.5. The van der Waals surface area contributed by atoms with Gasteiger partial charge in [0.15, 0.2) is 5.69 Å². The third kappa shape index (κ3) is 3.76. The third-order valence-electron chi connectivity index (χ3n) is 2.73. The molecular formula is C13H14N4O3S. The van der Waals surface area contributed by atoms with E-state index in [1.807, 2.05) is 0 Å². The van der Waals surface area contributed by atoms with E-state index in [0.29, 0.717) is 5.01 Å². The molecule has 1 unspecified atom stereocenters. The van der Waals surface area contributed by atoms with Crippen molar-refractivity contribution in [3.05, 3.63) is 40.1 Å². The van der Waals surface area contributed by atoms with Crippen LogP contribution in [0, 0.1) is 0 Å². The van der Waals surface area contributed by atoms with Crippen molar-refractivity contribution in [1.29, 1.82) is 0 Å². The second-order valence-electron chi connectivity index (χ2n) is 4.32. The number of carboxylic acids is 1. The summed E-state index contributed by atoms with van der Waals surface area (Å²) in [5.41, 5.74) is 0.793. The first-order chi connectivity index (χ1) is 9.97. The largest absolute Gasteiger partial charge is 0.476 e. The summed E-state index contributed by atoms with van der Waals surface area (Å²) >= 11 is 1.20. The lowest BCUT2D eigenvalue weighted by molar-refractivity contribution is -0.117. The van der Waals surface area contributed by atoms with Gasteiger partial charge >= 0.3 is 5.97 Å². The number of hydrogen-bond donors (Lipinski definition) is 2. The molecule has 0 aliphatic carbocycles. The molecular weight excluding hydrogens is 292 g/mol. The van der Waals surface area contributed by atoms with Gasteiger partial charge < -0.3 is 10.4 Å². The normalized spacial score (nSPS) is 12.5. The van der Waals surface area contributed by atoms with E-state index < -0.39 is 5.97 Å².